The number of nitrogens with zero attached hydrogens (tertiary/aromatic N) is 2. The van der Waals surface area contributed by atoms with Crippen LogP contribution in [0.1, 0.15) is 27.8 Å². The second-order valence-corrected chi connectivity index (χ2v) is 6.28. The molecule has 0 radical (unpaired) electrons. The average molecular weight is 390 g/mol. The fourth-order valence-corrected chi connectivity index (χ4v) is 2.73. The van der Waals surface area contributed by atoms with Gasteiger partial charge in [-0.3, -0.25) is 9.59 Å². The van der Waals surface area contributed by atoms with Crippen LogP contribution in [0.3, 0.4) is 0 Å². The molecule has 3 N–H and O–H groups in total. The Kier molecular flexibility index (Phi) is 6.02. The molecule has 0 saturated heterocycles. The molecule has 0 fully saturated rings. The molecule has 0 saturated carbocycles. The number of carbonyl (C=O) groups is 2. The first kappa shape index (κ1) is 19.8. The first-order chi connectivity index (χ1) is 14.0. The van der Waals surface area contributed by atoms with Crippen molar-refractivity contribution in [1.82, 2.24) is 5.16 Å². The van der Waals surface area contributed by atoms with Gasteiger partial charge in [0.05, 0.1) is 12.3 Å². The molecule has 0 spiro atoms. The number of aliphatic hydroxyl groups is 1. The van der Waals surface area contributed by atoms with E-state index in [-0.39, 0.29) is 11.5 Å². The zero-order chi connectivity index (χ0) is 20.8. The minimum Gasteiger partial charge on any atom is -0.386 e. The molecule has 8 heteroatoms. The predicted molar refractivity (Wildman–Crippen MR) is 105 cm³/mol. The molecule has 0 aliphatic heterocycles. The van der Waals surface area contributed by atoms with Crippen LogP contribution in [-0.2, 0) is 4.79 Å². The quantitative estimate of drug-likeness (QED) is 0.593. The van der Waals surface area contributed by atoms with Crippen LogP contribution < -0.4 is 10.6 Å². The summed E-state index contributed by atoms with van der Waals surface area (Å²) in [6, 6.07) is 17.0. The molecule has 1 aromatic heterocycles. The predicted octanol–water partition coefficient (Wildman–Crippen LogP) is 3.05. The van der Waals surface area contributed by atoms with E-state index in [0.717, 1.165) is 0 Å². The van der Waals surface area contributed by atoms with Gasteiger partial charge in [-0.25, -0.2) is 0 Å². The lowest BCUT2D eigenvalue weighted by molar-refractivity contribution is -0.121. The standard InChI is InChI=1S/C21H18N4O4/c1-13-18(12-23-29-13)19(26)17(11-22)21(28)25-16-9-5-8-15(10-16)24-20(27)14-6-3-2-4-7-14/h2-10,12,17,19,26H,1H3,(H,24,27)(H,25,28). The van der Waals surface area contributed by atoms with Crippen LogP contribution in [0, 0.1) is 24.2 Å². The summed E-state index contributed by atoms with van der Waals surface area (Å²) in [6.07, 6.45) is -0.107. The molecule has 2 atom stereocenters. The molecule has 2 unspecified atom stereocenters. The van der Waals surface area contributed by atoms with Crippen molar-refractivity contribution in [2.24, 2.45) is 5.92 Å². The van der Waals surface area contributed by atoms with E-state index >= 15 is 0 Å². The summed E-state index contributed by atoms with van der Waals surface area (Å²) in [5, 5.41) is 28.6. The number of anilines is 2. The van der Waals surface area contributed by atoms with Gasteiger partial charge in [-0.2, -0.15) is 5.26 Å². The zero-order valence-corrected chi connectivity index (χ0v) is 15.5. The summed E-state index contributed by atoms with van der Waals surface area (Å²) in [5.74, 6) is -2.01. The molecule has 146 valence electrons. The van der Waals surface area contributed by atoms with Crippen molar-refractivity contribution in [1.29, 1.82) is 5.26 Å². The van der Waals surface area contributed by atoms with Gasteiger partial charge in [-0.1, -0.05) is 29.4 Å². The smallest absolute Gasteiger partial charge is 0.255 e. The van der Waals surface area contributed by atoms with Gasteiger partial charge in [0, 0.05) is 22.5 Å². The summed E-state index contributed by atoms with van der Waals surface area (Å²) < 4.78 is 4.88. The number of nitriles is 1. The number of hydrogen-bond acceptors (Lipinski definition) is 6. The van der Waals surface area contributed by atoms with Crippen LogP contribution in [0.25, 0.3) is 0 Å². The van der Waals surface area contributed by atoms with Gasteiger partial charge in [0.2, 0.25) is 5.91 Å². The van der Waals surface area contributed by atoms with Crippen molar-refractivity contribution in [3.8, 4) is 6.07 Å². The molecule has 0 aliphatic rings. The Hall–Kier alpha value is -3.96. The highest BCUT2D eigenvalue weighted by molar-refractivity contribution is 6.04. The lowest BCUT2D eigenvalue weighted by Crippen LogP contribution is -2.27. The van der Waals surface area contributed by atoms with Crippen molar-refractivity contribution in [3.05, 3.63) is 77.7 Å². The fraction of sp³-hybridized carbons (Fsp3) is 0.143. The number of aromatic nitrogens is 1. The Morgan fingerprint density at radius 3 is 2.41 bits per heavy atom. The third-order valence-corrected chi connectivity index (χ3v) is 4.27. The van der Waals surface area contributed by atoms with E-state index in [0.29, 0.717) is 22.7 Å². The molecule has 8 nitrogen and oxygen atoms in total. The van der Waals surface area contributed by atoms with Gasteiger partial charge in [-0.05, 0) is 37.3 Å². The third-order valence-electron chi connectivity index (χ3n) is 4.27. The van der Waals surface area contributed by atoms with Crippen molar-refractivity contribution < 1.29 is 19.2 Å². The highest BCUT2D eigenvalue weighted by Gasteiger charge is 2.30. The van der Waals surface area contributed by atoms with Crippen LogP contribution in [0.5, 0.6) is 0 Å². The molecule has 0 aliphatic carbocycles. The zero-order valence-electron chi connectivity index (χ0n) is 15.5. The van der Waals surface area contributed by atoms with E-state index in [2.05, 4.69) is 15.8 Å². The monoisotopic (exact) mass is 390 g/mol. The lowest BCUT2D eigenvalue weighted by Gasteiger charge is -2.16. The normalized spacial score (nSPS) is 12.4. The maximum atomic E-state index is 12.5. The van der Waals surface area contributed by atoms with E-state index in [9.17, 15) is 20.0 Å². The number of amides is 2. The molecule has 0 bridgehead atoms. The van der Waals surface area contributed by atoms with Gasteiger partial charge < -0.3 is 20.3 Å². The van der Waals surface area contributed by atoms with Crippen molar-refractivity contribution in [2.45, 2.75) is 13.0 Å². The minimum atomic E-state index is -1.38. The number of carbonyl (C=O) groups excluding carboxylic acids is 2. The second kappa shape index (κ2) is 8.82. The molecule has 3 rings (SSSR count). The first-order valence-corrected chi connectivity index (χ1v) is 8.76. The summed E-state index contributed by atoms with van der Waals surface area (Å²) >= 11 is 0. The van der Waals surface area contributed by atoms with E-state index in [1.807, 2.05) is 6.07 Å². The Balaban J connectivity index is 1.70. The van der Waals surface area contributed by atoms with Crippen molar-refractivity contribution in [3.63, 3.8) is 0 Å². The van der Waals surface area contributed by atoms with Crippen LogP contribution in [0.4, 0.5) is 11.4 Å². The summed E-state index contributed by atoms with van der Waals surface area (Å²) in [5.41, 5.74) is 1.62. The number of nitrogens with one attached hydrogen (secondary N) is 2. The molecule has 3 aromatic rings. The Labute approximate surface area is 166 Å². The van der Waals surface area contributed by atoms with E-state index in [4.69, 9.17) is 4.52 Å². The Morgan fingerprint density at radius 1 is 1.10 bits per heavy atom. The molecule has 2 aromatic carbocycles. The Bertz CT molecular complexity index is 1060. The van der Waals surface area contributed by atoms with Gasteiger partial charge in [0.25, 0.3) is 5.91 Å². The highest BCUT2D eigenvalue weighted by Crippen LogP contribution is 2.26. The highest BCUT2D eigenvalue weighted by atomic mass is 16.5. The number of hydrogen-bond donors (Lipinski definition) is 3. The first-order valence-electron chi connectivity index (χ1n) is 8.76. The topological polar surface area (TPSA) is 128 Å². The van der Waals surface area contributed by atoms with Crippen LogP contribution >= 0.6 is 0 Å². The van der Waals surface area contributed by atoms with Crippen LogP contribution in [-0.4, -0.2) is 22.1 Å². The second-order valence-electron chi connectivity index (χ2n) is 6.28. The van der Waals surface area contributed by atoms with Gasteiger partial charge in [0.15, 0.2) is 5.92 Å². The van der Waals surface area contributed by atoms with Gasteiger partial charge >= 0.3 is 0 Å². The number of aliphatic hydroxyl groups excluding tert-OH is 1. The molecular weight excluding hydrogens is 372 g/mol. The summed E-state index contributed by atoms with van der Waals surface area (Å²) in [6.45, 7) is 1.58. The SMILES string of the molecule is Cc1oncc1C(O)C(C#N)C(=O)Nc1cccc(NC(=O)c2ccccc2)c1. The van der Waals surface area contributed by atoms with E-state index in [1.165, 1.54) is 6.20 Å². The summed E-state index contributed by atoms with van der Waals surface area (Å²) in [4.78, 5) is 24.8. The van der Waals surface area contributed by atoms with Gasteiger partial charge in [0.1, 0.15) is 11.9 Å². The van der Waals surface area contributed by atoms with Crippen LogP contribution in [0.2, 0.25) is 0 Å². The molecular formula is C21H18N4O4. The fourth-order valence-electron chi connectivity index (χ4n) is 2.73. The number of rotatable bonds is 6. The number of benzene rings is 2. The molecule has 29 heavy (non-hydrogen) atoms. The average Bonchev–Trinajstić information content (AvgIpc) is 3.15. The largest absolute Gasteiger partial charge is 0.386 e. The maximum absolute atomic E-state index is 12.5. The van der Waals surface area contributed by atoms with Crippen molar-refractivity contribution >= 4 is 23.2 Å². The molecule has 1 heterocycles. The van der Waals surface area contributed by atoms with Crippen LogP contribution in [0.15, 0.2) is 65.3 Å². The molecule has 2 amide bonds. The Morgan fingerprint density at radius 2 is 1.79 bits per heavy atom. The van der Waals surface area contributed by atoms with E-state index < -0.39 is 17.9 Å². The number of aryl methyl sites for hydroxylation is 1. The third kappa shape index (κ3) is 4.66. The van der Waals surface area contributed by atoms with Gasteiger partial charge in [-0.15, -0.1) is 0 Å². The van der Waals surface area contributed by atoms with Crippen molar-refractivity contribution in [2.75, 3.05) is 10.6 Å². The summed E-state index contributed by atoms with van der Waals surface area (Å²) in [7, 11) is 0. The van der Waals surface area contributed by atoms with E-state index in [1.54, 1.807) is 61.5 Å². The maximum Gasteiger partial charge on any atom is 0.255 e. The minimum absolute atomic E-state index is 0.274. The lowest BCUT2D eigenvalue weighted by atomic mass is 9.97.